The van der Waals surface area contributed by atoms with Crippen LogP contribution in [0.15, 0.2) is 40.9 Å². The van der Waals surface area contributed by atoms with Gasteiger partial charge in [-0.3, -0.25) is 10.1 Å². The van der Waals surface area contributed by atoms with Crippen LogP contribution in [0.2, 0.25) is 5.02 Å². The van der Waals surface area contributed by atoms with E-state index in [4.69, 9.17) is 11.6 Å². The van der Waals surface area contributed by atoms with Crippen molar-refractivity contribution in [2.75, 3.05) is 5.32 Å². The largest absolute Gasteiger partial charge is 0.381 e. The molecule has 0 aliphatic carbocycles. The highest BCUT2D eigenvalue weighted by Gasteiger charge is 2.13. The van der Waals surface area contributed by atoms with Crippen molar-refractivity contribution in [3.63, 3.8) is 0 Å². The van der Waals surface area contributed by atoms with Gasteiger partial charge in [-0.15, -0.1) is 0 Å². The molecule has 2 rings (SSSR count). The maximum atomic E-state index is 13.4. The van der Waals surface area contributed by atoms with Crippen molar-refractivity contribution >= 4 is 38.9 Å². The Morgan fingerprint density at radius 3 is 2.65 bits per heavy atom. The molecule has 0 aliphatic heterocycles. The number of nitro benzene ring substituents is 1. The van der Waals surface area contributed by atoms with Crippen molar-refractivity contribution in [2.45, 2.75) is 6.54 Å². The number of anilines is 1. The topological polar surface area (TPSA) is 55.2 Å². The molecule has 20 heavy (non-hydrogen) atoms. The molecule has 0 aliphatic rings. The molecule has 4 nitrogen and oxygen atoms in total. The second kappa shape index (κ2) is 6.19. The highest BCUT2D eigenvalue weighted by atomic mass is 79.9. The quantitative estimate of drug-likeness (QED) is 0.632. The molecular formula is C13H9BrClFN2O2. The summed E-state index contributed by atoms with van der Waals surface area (Å²) in [7, 11) is 0. The molecule has 0 atom stereocenters. The molecule has 0 spiro atoms. The third-order valence-corrected chi connectivity index (χ3v) is 3.86. The minimum atomic E-state index is -0.867. The van der Waals surface area contributed by atoms with Gasteiger partial charge in [-0.25, -0.2) is 0 Å². The van der Waals surface area contributed by atoms with Crippen LogP contribution in [0.1, 0.15) is 5.56 Å². The number of nitro groups is 1. The van der Waals surface area contributed by atoms with Crippen molar-refractivity contribution in [1.82, 2.24) is 0 Å². The predicted octanol–water partition coefficient (Wildman–Crippen LogP) is 4.76. The third-order valence-electron chi connectivity index (χ3n) is 2.63. The van der Waals surface area contributed by atoms with Crippen LogP contribution >= 0.6 is 27.5 Å². The maximum Gasteiger partial charge on any atom is 0.304 e. The predicted molar refractivity (Wildman–Crippen MR) is 79.5 cm³/mol. The van der Waals surface area contributed by atoms with Gasteiger partial charge in [0.15, 0.2) is 0 Å². The first-order chi connectivity index (χ1) is 9.47. The van der Waals surface area contributed by atoms with Gasteiger partial charge in [0.2, 0.25) is 5.82 Å². The SMILES string of the molecule is O=[N+]([O-])c1ccc(NCc2ccc(Br)c(Cl)c2)cc1F. The Morgan fingerprint density at radius 1 is 1.30 bits per heavy atom. The number of halogens is 3. The zero-order chi connectivity index (χ0) is 14.7. The molecule has 0 bridgehead atoms. The normalized spacial score (nSPS) is 10.3. The Bertz CT molecular complexity index is 667. The Balaban J connectivity index is 2.09. The van der Waals surface area contributed by atoms with E-state index in [0.717, 1.165) is 22.2 Å². The zero-order valence-electron chi connectivity index (χ0n) is 10.1. The lowest BCUT2D eigenvalue weighted by Crippen LogP contribution is -2.01. The first-order valence-electron chi connectivity index (χ1n) is 5.59. The summed E-state index contributed by atoms with van der Waals surface area (Å²) in [6.45, 7) is 0.435. The summed E-state index contributed by atoms with van der Waals surface area (Å²) in [5.41, 5.74) is 0.839. The van der Waals surface area contributed by atoms with E-state index < -0.39 is 16.4 Å². The molecule has 0 saturated heterocycles. The van der Waals surface area contributed by atoms with E-state index in [1.807, 2.05) is 12.1 Å². The molecule has 2 aromatic rings. The van der Waals surface area contributed by atoms with Crippen LogP contribution in [0.3, 0.4) is 0 Å². The number of nitrogens with one attached hydrogen (secondary N) is 1. The van der Waals surface area contributed by atoms with Gasteiger partial charge < -0.3 is 5.32 Å². The van der Waals surface area contributed by atoms with Gasteiger partial charge >= 0.3 is 5.69 Å². The van der Waals surface area contributed by atoms with Crippen molar-refractivity contribution in [3.05, 3.63) is 67.4 Å². The molecule has 0 unspecified atom stereocenters. The molecule has 2 aromatic carbocycles. The molecule has 0 fully saturated rings. The van der Waals surface area contributed by atoms with Gasteiger partial charge in [-0.1, -0.05) is 17.7 Å². The molecular weight excluding hydrogens is 351 g/mol. The second-order valence-electron chi connectivity index (χ2n) is 4.03. The van der Waals surface area contributed by atoms with Crippen LogP contribution in [0.5, 0.6) is 0 Å². The van der Waals surface area contributed by atoms with Gasteiger partial charge in [0, 0.05) is 28.8 Å². The summed E-state index contributed by atoms with van der Waals surface area (Å²) in [4.78, 5) is 9.75. The average Bonchev–Trinajstić information content (AvgIpc) is 2.40. The smallest absolute Gasteiger partial charge is 0.304 e. The number of hydrogen-bond acceptors (Lipinski definition) is 3. The van der Waals surface area contributed by atoms with Gasteiger partial charge in [-0.05, 0) is 39.7 Å². The Hall–Kier alpha value is -1.66. The third kappa shape index (κ3) is 3.46. The first-order valence-corrected chi connectivity index (χ1v) is 6.76. The maximum absolute atomic E-state index is 13.4. The number of hydrogen-bond donors (Lipinski definition) is 1. The van der Waals surface area contributed by atoms with E-state index in [0.29, 0.717) is 17.3 Å². The van der Waals surface area contributed by atoms with E-state index in [1.54, 1.807) is 6.07 Å². The van der Waals surface area contributed by atoms with Crippen LogP contribution in [-0.2, 0) is 6.54 Å². The van der Waals surface area contributed by atoms with Crippen LogP contribution in [0.25, 0.3) is 0 Å². The van der Waals surface area contributed by atoms with Gasteiger partial charge in [0.1, 0.15) is 0 Å². The van der Waals surface area contributed by atoms with E-state index in [-0.39, 0.29) is 0 Å². The molecule has 0 amide bonds. The lowest BCUT2D eigenvalue weighted by Gasteiger charge is -2.07. The minimum absolute atomic E-state index is 0.435. The van der Waals surface area contributed by atoms with Crippen molar-refractivity contribution in [3.8, 4) is 0 Å². The summed E-state index contributed by atoms with van der Waals surface area (Å²) >= 11 is 9.26. The Kier molecular flexibility index (Phi) is 4.57. The summed E-state index contributed by atoms with van der Waals surface area (Å²) in [5, 5.41) is 14.1. The summed E-state index contributed by atoms with van der Waals surface area (Å²) in [6.07, 6.45) is 0. The van der Waals surface area contributed by atoms with E-state index >= 15 is 0 Å². The van der Waals surface area contributed by atoms with Gasteiger partial charge in [0.05, 0.1) is 9.95 Å². The lowest BCUT2D eigenvalue weighted by atomic mass is 10.2. The Morgan fingerprint density at radius 2 is 2.05 bits per heavy atom. The monoisotopic (exact) mass is 358 g/mol. The van der Waals surface area contributed by atoms with Gasteiger partial charge in [-0.2, -0.15) is 4.39 Å². The van der Waals surface area contributed by atoms with E-state index in [9.17, 15) is 14.5 Å². The minimum Gasteiger partial charge on any atom is -0.381 e. The van der Waals surface area contributed by atoms with Crippen LogP contribution in [0, 0.1) is 15.9 Å². The highest BCUT2D eigenvalue weighted by molar-refractivity contribution is 9.10. The molecule has 0 aromatic heterocycles. The molecule has 0 heterocycles. The molecule has 0 saturated carbocycles. The standard InChI is InChI=1S/C13H9BrClFN2O2/c14-10-3-1-8(5-11(10)15)7-17-9-2-4-13(18(19)20)12(16)6-9/h1-6,17H,7H2. The number of nitrogens with zero attached hydrogens (tertiary/aromatic N) is 1. The van der Waals surface area contributed by atoms with Crippen LogP contribution in [-0.4, -0.2) is 4.92 Å². The van der Waals surface area contributed by atoms with Crippen molar-refractivity contribution < 1.29 is 9.31 Å². The number of rotatable bonds is 4. The lowest BCUT2D eigenvalue weighted by molar-refractivity contribution is -0.387. The van der Waals surface area contributed by atoms with Crippen molar-refractivity contribution in [1.29, 1.82) is 0 Å². The molecule has 104 valence electrons. The Labute approximate surface area is 127 Å². The van der Waals surface area contributed by atoms with E-state index in [1.165, 1.54) is 6.07 Å². The van der Waals surface area contributed by atoms with Crippen molar-refractivity contribution in [2.24, 2.45) is 0 Å². The summed E-state index contributed by atoms with van der Waals surface area (Å²) in [6, 6.07) is 9.15. The fraction of sp³-hybridized carbons (Fsp3) is 0.0769. The molecule has 1 N–H and O–H groups in total. The summed E-state index contributed by atoms with van der Waals surface area (Å²) < 4.78 is 14.2. The van der Waals surface area contributed by atoms with Crippen LogP contribution < -0.4 is 5.32 Å². The fourth-order valence-electron chi connectivity index (χ4n) is 1.62. The second-order valence-corrected chi connectivity index (χ2v) is 5.29. The first kappa shape index (κ1) is 14.7. The number of benzene rings is 2. The van der Waals surface area contributed by atoms with Crippen LogP contribution in [0.4, 0.5) is 15.8 Å². The van der Waals surface area contributed by atoms with E-state index in [2.05, 4.69) is 21.2 Å². The fourth-order valence-corrected chi connectivity index (χ4v) is 2.07. The highest BCUT2D eigenvalue weighted by Crippen LogP contribution is 2.24. The average molecular weight is 360 g/mol. The molecule has 7 heteroatoms. The summed E-state index contributed by atoms with van der Waals surface area (Å²) in [5.74, 6) is -0.867. The molecule has 0 radical (unpaired) electrons. The van der Waals surface area contributed by atoms with Gasteiger partial charge in [0.25, 0.3) is 0 Å². The zero-order valence-corrected chi connectivity index (χ0v) is 12.4.